The fourth-order valence-electron chi connectivity index (χ4n) is 2.94. The first-order chi connectivity index (χ1) is 13.8. The molecule has 9 heteroatoms. The van der Waals surface area contributed by atoms with Gasteiger partial charge in [0.25, 0.3) is 0 Å². The molecule has 4 aromatic rings. The molecule has 0 fully saturated rings. The number of benzene rings is 4. The quantitative estimate of drug-likeness (QED) is 0.198. The lowest BCUT2D eigenvalue weighted by molar-refractivity contribution is 0.502. The molecule has 4 aromatic carbocycles. The number of hydrogen-bond donors (Lipinski definition) is 0. The summed E-state index contributed by atoms with van der Waals surface area (Å²) in [7, 11) is 0. The minimum Gasteiger partial charge on any atom is -0.423 e. The van der Waals surface area contributed by atoms with Gasteiger partial charge in [-0.1, -0.05) is 68.3 Å². The minimum atomic E-state index is -3.16. The monoisotopic (exact) mass is 696 g/mol. The molecule has 0 unspecified atom stereocenters. The molecule has 0 atom stereocenters. The molecule has 4 rings (SSSR count). The second kappa shape index (κ2) is 8.78. The van der Waals surface area contributed by atoms with Gasteiger partial charge in [0.15, 0.2) is 0 Å². The molecule has 0 radical (unpaired) electrons. The first-order valence-corrected chi connectivity index (χ1v) is 14.9. The Morgan fingerprint density at radius 1 is 0.655 bits per heavy atom. The van der Waals surface area contributed by atoms with Crippen LogP contribution >= 0.6 is 80.8 Å². The molecule has 0 saturated heterocycles. The van der Waals surface area contributed by atoms with Crippen LogP contribution in [-0.2, 0) is 11.8 Å². The summed E-state index contributed by atoms with van der Waals surface area (Å²) in [6.07, 6.45) is 0. The summed E-state index contributed by atoms with van der Waals surface area (Å²) in [4.78, 5) is 0. The van der Waals surface area contributed by atoms with E-state index in [0.29, 0.717) is 11.5 Å². The SMILES string of the molecule is S=P(Cl)(Oc1ccc2cccc(Br)c2c1Br)Oc1ccc2cccc(Br)c2c1Br. The van der Waals surface area contributed by atoms with Crippen molar-refractivity contribution in [3.63, 3.8) is 0 Å². The zero-order chi connectivity index (χ0) is 20.8. The fourth-order valence-corrected chi connectivity index (χ4v) is 7.93. The Balaban J connectivity index is 1.70. The molecule has 0 saturated carbocycles. The van der Waals surface area contributed by atoms with Gasteiger partial charge < -0.3 is 9.05 Å². The molecule has 0 bridgehead atoms. The van der Waals surface area contributed by atoms with Gasteiger partial charge in [0, 0.05) is 31.5 Å². The summed E-state index contributed by atoms with van der Waals surface area (Å²) in [5.41, 5.74) is 0. The number of fused-ring (bicyclic) bond motifs is 2. The predicted octanol–water partition coefficient (Wildman–Crippen LogP) is 9.96. The molecule has 0 aliphatic heterocycles. The van der Waals surface area contributed by atoms with Crippen LogP contribution in [0.4, 0.5) is 0 Å². The van der Waals surface area contributed by atoms with E-state index < -0.39 is 5.84 Å². The van der Waals surface area contributed by atoms with Crippen LogP contribution in [0.5, 0.6) is 11.5 Å². The highest BCUT2D eigenvalue weighted by molar-refractivity contribution is 9.11. The Bertz CT molecular complexity index is 1220. The van der Waals surface area contributed by atoms with Crippen molar-refractivity contribution < 1.29 is 9.05 Å². The summed E-state index contributed by atoms with van der Waals surface area (Å²) in [5, 5.41) is 4.08. The van der Waals surface area contributed by atoms with Crippen LogP contribution in [0, 0.1) is 0 Å². The highest BCUT2D eigenvalue weighted by Crippen LogP contribution is 2.57. The van der Waals surface area contributed by atoms with E-state index in [2.05, 4.69) is 63.7 Å². The molecule has 0 heterocycles. The van der Waals surface area contributed by atoms with Crippen molar-refractivity contribution >= 4 is 114 Å². The van der Waals surface area contributed by atoms with Gasteiger partial charge in [-0.15, -0.1) is 0 Å². The molecule has 0 N–H and O–H groups in total. The zero-order valence-corrected chi connectivity index (χ0v) is 23.1. The van der Waals surface area contributed by atoms with Crippen LogP contribution in [-0.4, -0.2) is 0 Å². The van der Waals surface area contributed by atoms with Gasteiger partial charge in [0.05, 0.1) is 8.95 Å². The van der Waals surface area contributed by atoms with Crippen molar-refractivity contribution in [2.75, 3.05) is 0 Å². The van der Waals surface area contributed by atoms with Crippen molar-refractivity contribution in [2.24, 2.45) is 0 Å². The number of halogens is 5. The van der Waals surface area contributed by atoms with Crippen LogP contribution < -0.4 is 9.05 Å². The fraction of sp³-hybridized carbons (Fsp3) is 0. The third-order valence-corrected chi connectivity index (χ3v) is 8.79. The standard InChI is InChI=1S/C20H10Br4ClO2PS/c21-13-5-1-3-11-7-9-15(19(23)17(11)13)26-28(25,29)27-16-10-8-12-4-2-6-14(22)18(12)20(16)24/h1-10H. The Hall–Kier alpha value is -0.140. The van der Waals surface area contributed by atoms with Gasteiger partial charge in [-0.05, 0) is 78.1 Å². The van der Waals surface area contributed by atoms with E-state index in [4.69, 9.17) is 32.1 Å². The first-order valence-electron chi connectivity index (χ1n) is 8.19. The molecule has 0 aliphatic rings. The number of hydrogen-bond acceptors (Lipinski definition) is 3. The Morgan fingerprint density at radius 3 is 1.48 bits per heavy atom. The van der Waals surface area contributed by atoms with Gasteiger partial charge in [-0.3, -0.25) is 0 Å². The van der Waals surface area contributed by atoms with Crippen LogP contribution in [0.2, 0.25) is 0 Å². The maximum Gasteiger partial charge on any atom is 0.384 e. The molecular weight excluding hydrogens is 690 g/mol. The van der Waals surface area contributed by atoms with Crippen molar-refractivity contribution in [2.45, 2.75) is 0 Å². The summed E-state index contributed by atoms with van der Waals surface area (Å²) < 4.78 is 15.3. The average Bonchev–Trinajstić information content (AvgIpc) is 2.66. The molecule has 0 spiro atoms. The van der Waals surface area contributed by atoms with Gasteiger partial charge in [-0.2, -0.15) is 0 Å². The molecular formula is C20H10Br4ClO2PS. The van der Waals surface area contributed by atoms with Crippen LogP contribution in [0.25, 0.3) is 21.5 Å². The van der Waals surface area contributed by atoms with Crippen LogP contribution in [0.1, 0.15) is 0 Å². The molecule has 0 amide bonds. The second-order valence-corrected chi connectivity index (χ2v) is 13.9. The molecule has 2 nitrogen and oxygen atoms in total. The lowest BCUT2D eigenvalue weighted by Gasteiger charge is -2.20. The normalized spacial score (nSPS) is 11.8. The summed E-state index contributed by atoms with van der Waals surface area (Å²) in [6, 6.07) is 19.5. The van der Waals surface area contributed by atoms with Crippen LogP contribution in [0.15, 0.2) is 78.6 Å². The first kappa shape index (κ1) is 22.1. The van der Waals surface area contributed by atoms with E-state index in [1.54, 1.807) is 0 Å². The zero-order valence-electron chi connectivity index (χ0n) is 14.3. The van der Waals surface area contributed by atoms with E-state index in [1.807, 2.05) is 60.7 Å². The van der Waals surface area contributed by atoms with Gasteiger partial charge >= 0.3 is 5.84 Å². The average molecular weight is 700 g/mol. The smallest absolute Gasteiger partial charge is 0.384 e. The van der Waals surface area contributed by atoms with E-state index in [-0.39, 0.29) is 0 Å². The van der Waals surface area contributed by atoms with Gasteiger partial charge in [0.1, 0.15) is 11.5 Å². The van der Waals surface area contributed by atoms with Gasteiger partial charge in [-0.25, -0.2) is 0 Å². The Kier molecular flexibility index (Phi) is 6.68. The van der Waals surface area contributed by atoms with Crippen molar-refractivity contribution in [3.05, 3.63) is 78.6 Å². The largest absolute Gasteiger partial charge is 0.423 e. The van der Waals surface area contributed by atoms with E-state index >= 15 is 0 Å². The summed E-state index contributed by atoms with van der Waals surface area (Å²) in [6.45, 7) is 0. The van der Waals surface area contributed by atoms with Gasteiger partial charge in [0.2, 0.25) is 0 Å². The highest BCUT2D eigenvalue weighted by Gasteiger charge is 2.23. The minimum absolute atomic E-state index is 0.529. The lowest BCUT2D eigenvalue weighted by atomic mass is 10.1. The molecule has 148 valence electrons. The highest BCUT2D eigenvalue weighted by atomic mass is 79.9. The lowest BCUT2D eigenvalue weighted by Crippen LogP contribution is -1.97. The third kappa shape index (κ3) is 4.57. The maximum absolute atomic E-state index is 6.55. The van der Waals surface area contributed by atoms with Crippen LogP contribution in [0.3, 0.4) is 0 Å². The maximum atomic E-state index is 6.55. The van der Waals surface area contributed by atoms with E-state index in [1.165, 1.54) is 0 Å². The molecule has 29 heavy (non-hydrogen) atoms. The predicted molar refractivity (Wildman–Crippen MR) is 140 cm³/mol. The van der Waals surface area contributed by atoms with E-state index in [0.717, 1.165) is 39.4 Å². The Labute approximate surface area is 211 Å². The summed E-state index contributed by atoms with van der Waals surface area (Å²) in [5.74, 6) is -2.10. The third-order valence-electron chi connectivity index (χ3n) is 4.21. The van der Waals surface area contributed by atoms with Crippen molar-refractivity contribution in [1.29, 1.82) is 0 Å². The Morgan fingerprint density at radius 2 is 1.07 bits per heavy atom. The topological polar surface area (TPSA) is 18.5 Å². The second-order valence-electron chi connectivity index (χ2n) is 6.04. The molecule has 0 aliphatic carbocycles. The van der Waals surface area contributed by atoms with E-state index in [9.17, 15) is 0 Å². The van der Waals surface area contributed by atoms with Crippen molar-refractivity contribution in [1.82, 2.24) is 0 Å². The number of rotatable bonds is 4. The molecule has 0 aromatic heterocycles. The summed E-state index contributed by atoms with van der Waals surface area (Å²) >= 11 is 26.4. The van der Waals surface area contributed by atoms with Crippen molar-refractivity contribution in [3.8, 4) is 11.5 Å².